The molecule has 0 unspecified atom stereocenters. The third-order valence-corrected chi connectivity index (χ3v) is 2.47. The largest absolute Gasteiger partial charge is 0.396 e. The average molecular weight is 222 g/mol. The number of aryl methyl sites for hydroxylation is 1. The summed E-state index contributed by atoms with van der Waals surface area (Å²) in [4.78, 5) is 0. The molecule has 1 N–H and O–H groups in total. The molecule has 0 aromatic heterocycles. The minimum Gasteiger partial charge on any atom is -0.396 e. The zero-order valence-corrected chi connectivity index (χ0v) is 9.79. The summed E-state index contributed by atoms with van der Waals surface area (Å²) < 4.78 is 0. The summed E-state index contributed by atoms with van der Waals surface area (Å²) in [5.74, 6) is 0.894. The second-order valence-electron chi connectivity index (χ2n) is 3.48. The van der Waals surface area contributed by atoms with Crippen LogP contribution in [0.15, 0.2) is 30.3 Å². The van der Waals surface area contributed by atoms with Crippen LogP contribution in [0.25, 0.3) is 6.08 Å². The van der Waals surface area contributed by atoms with Crippen LogP contribution < -0.4 is 0 Å². The van der Waals surface area contributed by atoms with Gasteiger partial charge in [-0.2, -0.15) is 12.6 Å². The summed E-state index contributed by atoms with van der Waals surface area (Å²) in [7, 11) is 0. The van der Waals surface area contributed by atoms with E-state index in [1.165, 1.54) is 11.1 Å². The molecule has 0 fully saturated rings. The molecule has 82 valence electrons. The Kier molecular flexibility index (Phi) is 6.21. The third-order valence-electron chi connectivity index (χ3n) is 2.21. The highest BCUT2D eigenvalue weighted by atomic mass is 32.1. The van der Waals surface area contributed by atoms with E-state index in [0.717, 1.165) is 25.0 Å². The van der Waals surface area contributed by atoms with Crippen molar-refractivity contribution in [2.75, 3.05) is 12.4 Å². The molecule has 0 amide bonds. The number of hydrogen-bond acceptors (Lipinski definition) is 2. The number of benzene rings is 1. The molecule has 1 aromatic rings. The number of aliphatic hydroxyl groups excluding tert-OH is 1. The molecular weight excluding hydrogens is 204 g/mol. The fourth-order valence-electron chi connectivity index (χ4n) is 1.37. The van der Waals surface area contributed by atoms with Crippen molar-refractivity contribution in [2.24, 2.45) is 0 Å². The van der Waals surface area contributed by atoms with Crippen LogP contribution in [-0.2, 0) is 6.42 Å². The first-order valence-corrected chi connectivity index (χ1v) is 5.97. The highest BCUT2D eigenvalue weighted by Crippen LogP contribution is 2.08. The first kappa shape index (κ1) is 12.3. The molecule has 2 heteroatoms. The van der Waals surface area contributed by atoms with E-state index in [4.69, 9.17) is 5.11 Å². The minimum atomic E-state index is 0.267. The molecule has 0 bridgehead atoms. The zero-order chi connectivity index (χ0) is 10.9. The van der Waals surface area contributed by atoms with Crippen molar-refractivity contribution in [3.63, 3.8) is 0 Å². The Morgan fingerprint density at radius 2 is 1.93 bits per heavy atom. The first-order chi connectivity index (χ1) is 7.36. The van der Waals surface area contributed by atoms with Crippen molar-refractivity contribution >= 4 is 18.7 Å². The van der Waals surface area contributed by atoms with Gasteiger partial charge < -0.3 is 5.11 Å². The molecule has 0 radical (unpaired) electrons. The van der Waals surface area contributed by atoms with Gasteiger partial charge in [-0.05, 0) is 36.1 Å². The van der Waals surface area contributed by atoms with Gasteiger partial charge in [0.1, 0.15) is 0 Å². The van der Waals surface area contributed by atoms with Crippen molar-refractivity contribution in [2.45, 2.75) is 19.3 Å². The molecule has 0 aliphatic rings. The lowest BCUT2D eigenvalue weighted by molar-refractivity contribution is 0.288. The first-order valence-electron chi connectivity index (χ1n) is 5.34. The Balaban J connectivity index is 2.48. The highest BCUT2D eigenvalue weighted by molar-refractivity contribution is 7.80. The van der Waals surface area contributed by atoms with Crippen molar-refractivity contribution in [1.82, 2.24) is 0 Å². The average Bonchev–Trinajstić information content (AvgIpc) is 2.28. The summed E-state index contributed by atoms with van der Waals surface area (Å²) >= 11 is 4.15. The number of aliphatic hydroxyl groups is 1. The van der Waals surface area contributed by atoms with Gasteiger partial charge in [0.25, 0.3) is 0 Å². The summed E-state index contributed by atoms with van der Waals surface area (Å²) in [5.41, 5.74) is 2.51. The highest BCUT2D eigenvalue weighted by Gasteiger charge is 1.92. The van der Waals surface area contributed by atoms with E-state index < -0.39 is 0 Å². The lowest BCUT2D eigenvalue weighted by Crippen LogP contribution is -1.88. The molecular formula is C13H18OS. The molecule has 1 rings (SSSR count). The molecule has 0 spiro atoms. The summed E-state index contributed by atoms with van der Waals surface area (Å²) in [5, 5.41) is 8.71. The topological polar surface area (TPSA) is 20.2 Å². The fraction of sp³-hybridized carbons (Fsp3) is 0.385. The molecule has 0 heterocycles. The molecule has 1 nitrogen and oxygen atoms in total. The van der Waals surface area contributed by atoms with Gasteiger partial charge in [-0.3, -0.25) is 0 Å². The monoisotopic (exact) mass is 222 g/mol. The van der Waals surface area contributed by atoms with E-state index >= 15 is 0 Å². The maximum absolute atomic E-state index is 8.71. The van der Waals surface area contributed by atoms with Gasteiger partial charge in [-0.1, -0.05) is 36.4 Å². The predicted molar refractivity (Wildman–Crippen MR) is 69.4 cm³/mol. The Hall–Kier alpha value is -0.730. The van der Waals surface area contributed by atoms with Crippen LogP contribution in [0, 0.1) is 0 Å². The standard InChI is InChI=1S/C13H18OS/c14-10-3-5-13-8-6-12(7-9-13)4-1-2-11-15/h1,4,6-9,14-15H,2-3,5,10-11H2. The van der Waals surface area contributed by atoms with Gasteiger partial charge >= 0.3 is 0 Å². The van der Waals surface area contributed by atoms with Gasteiger partial charge in [0, 0.05) is 6.61 Å². The Labute approximate surface area is 97.2 Å². The van der Waals surface area contributed by atoms with Crippen molar-refractivity contribution in [3.8, 4) is 0 Å². The zero-order valence-electron chi connectivity index (χ0n) is 8.89. The van der Waals surface area contributed by atoms with Crippen LogP contribution in [0.5, 0.6) is 0 Å². The van der Waals surface area contributed by atoms with Crippen molar-refractivity contribution in [3.05, 3.63) is 41.5 Å². The molecule has 0 saturated heterocycles. The van der Waals surface area contributed by atoms with E-state index in [-0.39, 0.29) is 6.61 Å². The van der Waals surface area contributed by atoms with Crippen LogP contribution in [-0.4, -0.2) is 17.5 Å². The second kappa shape index (κ2) is 7.55. The lowest BCUT2D eigenvalue weighted by atomic mass is 10.1. The van der Waals surface area contributed by atoms with E-state index in [1.807, 2.05) is 0 Å². The Morgan fingerprint density at radius 3 is 2.53 bits per heavy atom. The molecule has 1 aromatic carbocycles. The minimum absolute atomic E-state index is 0.267. The normalized spacial score (nSPS) is 11.1. The van der Waals surface area contributed by atoms with Gasteiger partial charge in [-0.25, -0.2) is 0 Å². The van der Waals surface area contributed by atoms with Crippen LogP contribution >= 0.6 is 12.6 Å². The van der Waals surface area contributed by atoms with Crippen LogP contribution in [0.3, 0.4) is 0 Å². The Morgan fingerprint density at radius 1 is 1.20 bits per heavy atom. The molecule has 0 aliphatic carbocycles. The SMILES string of the molecule is OCCCc1ccc(C=CCCS)cc1. The fourth-order valence-corrected chi connectivity index (χ4v) is 1.52. The van der Waals surface area contributed by atoms with E-state index in [2.05, 4.69) is 49.0 Å². The number of rotatable bonds is 6. The maximum atomic E-state index is 8.71. The second-order valence-corrected chi connectivity index (χ2v) is 3.93. The van der Waals surface area contributed by atoms with Crippen LogP contribution in [0.4, 0.5) is 0 Å². The quantitative estimate of drug-likeness (QED) is 0.709. The van der Waals surface area contributed by atoms with Gasteiger partial charge in [0.05, 0.1) is 0 Å². The summed E-state index contributed by atoms with van der Waals surface area (Å²) in [6, 6.07) is 8.47. The van der Waals surface area contributed by atoms with Gasteiger partial charge in [0.15, 0.2) is 0 Å². The van der Waals surface area contributed by atoms with Crippen molar-refractivity contribution in [1.29, 1.82) is 0 Å². The summed E-state index contributed by atoms with van der Waals surface area (Å²) in [6.07, 6.45) is 7.06. The smallest absolute Gasteiger partial charge is 0.0434 e. The summed E-state index contributed by atoms with van der Waals surface area (Å²) in [6.45, 7) is 0.267. The van der Waals surface area contributed by atoms with Crippen molar-refractivity contribution < 1.29 is 5.11 Å². The predicted octanol–water partition coefficient (Wildman–Crippen LogP) is 2.94. The Bertz CT molecular complexity index is 290. The molecule has 15 heavy (non-hydrogen) atoms. The van der Waals surface area contributed by atoms with Gasteiger partial charge in [0.2, 0.25) is 0 Å². The molecule has 0 aliphatic heterocycles. The third kappa shape index (κ3) is 5.05. The van der Waals surface area contributed by atoms with E-state index in [9.17, 15) is 0 Å². The van der Waals surface area contributed by atoms with Crippen LogP contribution in [0.1, 0.15) is 24.0 Å². The van der Waals surface area contributed by atoms with Gasteiger partial charge in [-0.15, -0.1) is 0 Å². The van der Waals surface area contributed by atoms with Crippen LogP contribution in [0.2, 0.25) is 0 Å². The number of hydrogen-bond donors (Lipinski definition) is 2. The van der Waals surface area contributed by atoms with E-state index in [0.29, 0.717) is 0 Å². The number of thiol groups is 1. The van der Waals surface area contributed by atoms with E-state index in [1.54, 1.807) is 0 Å². The lowest BCUT2D eigenvalue weighted by Gasteiger charge is -2.00. The molecule has 0 saturated carbocycles. The maximum Gasteiger partial charge on any atom is 0.0434 e. The number of allylic oxidation sites excluding steroid dienone is 1. The molecule has 0 atom stereocenters.